The third-order valence-electron chi connectivity index (χ3n) is 6.11. The molecule has 2 aliphatic rings. The standard InChI is InChI=1S/C26H29N3O6/c1-33-22-13-9-18(15-23(22)35-20-5-3-4-6-20)21-12-14-24(30)29(28-21)16-17-7-10-19(11-8-17)27-25(31)26(32)34-2/h7-11,13,15,20H,3-6,12,14,16H2,1-2H3,(H,27,31). The van der Waals surface area contributed by atoms with Crippen LogP contribution < -0.4 is 14.8 Å². The molecule has 0 radical (unpaired) electrons. The lowest BCUT2D eigenvalue weighted by molar-refractivity contribution is -0.150. The summed E-state index contributed by atoms with van der Waals surface area (Å²) in [4.78, 5) is 35.5. The number of nitrogens with one attached hydrogen (secondary N) is 1. The van der Waals surface area contributed by atoms with Crippen molar-refractivity contribution in [3.63, 3.8) is 0 Å². The van der Waals surface area contributed by atoms with E-state index in [2.05, 4.69) is 15.2 Å². The average molecular weight is 480 g/mol. The van der Waals surface area contributed by atoms with Crippen molar-refractivity contribution in [3.05, 3.63) is 53.6 Å². The fraction of sp³-hybridized carbons (Fsp3) is 0.385. The number of hydrogen-bond acceptors (Lipinski definition) is 7. The van der Waals surface area contributed by atoms with E-state index in [-0.39, 0.29) is 18.6 Å². The lowest BCUT2D eigenvalue weighted by Crippen LogP contribution is -2.31. The Morgan fingerprint density at radius 2 is 1.77 bits per heavy atom. The molecule has 1 aliphatic heterocycles. The molecule has 1 N–H and O–H groups in total. The van der Waals surface area contributed by atoms with Gasteiger partial charge < -0.3 is 19.5 Å². The molecule has 0 unspecified atom stereocenters. The van der Waals surface area contributed by atoms with Gasteiger partial charge in [-0.3, -0.25) is 9.59 Å². The van der Waals surface area contributed by atoms with E-state index in [9.17, 15) is 14.4 Å². The van der Waals surface area contributed by atoms with E-state index >= 15 is 0 Å². The van der Waals surface area contributed by atoms with Crippen LogP contribution in [0.2, 0.25) is 0 Å². The summed E-state index contributed by atoms with van der Waals surface area (Å²) in [5.41, 5.74) is 2.99. The first-order chi connectivity index (χ1) is 17.0. The van der Waals surface area contributed by atoms with Crippen LogP contribution in [0.3, 0.4) is 0 Å². The molecule has 0 saturated heterocycles. The molecule has 1 saturated carbocycles. The number of hydrazone groups is 1. The van der Waals surface area contributed by atoms with Crippen molar-refractivity contribution in [1.29, 1.82) is 0 Å². The van der Waals surface area contributed by atoms with E-state index in [0.717, 1.165) is 36.8 Å². The molecule has 2 aromatic carbocycles. The van der Waals surface area contributed by atoms with Crippen LogP contribution >= 0.6 is 0 Å². The van der Waals surface area contributed by atoms with Crippen LogP contribution in [-0.2, 0) is 25.7 Å². The second-order valence-corrected chi connectivity index (χ2v) is 8.53. The third kappa shape index (κ3) is 5.98. The van der Waals surface area contributed by atoms with Crippen molar-refractivity contribution >= 4 is 29.2 Å². The predicted molar refractivity (Wildman–Crippen MR) is 129 cm³/mol. The molecule has 1 fully saturated rings. The van der Waals surface area contributed by atoms with E-state index in [1.165, 1.54) is 17.9 Å². The second kappa shape index (κ2) is 11.0. The molecule has 2 amide bonds. The van der Waals surface area contributed by atoms with Crippen molar-refractivity contribution in [1.82, 2.24) is 5.01 Å². The van der Waals surface area contributed by atoms with E-state index in [1.807, 2.05) is 18.2 Å². The normalized spacial score (nSPS) is 16.0. The van der Waals surface area contributed by atoms with Crippen LogP contribution in [0.1, 0.15) is 49.7 Å². The molecule has 0 bridgehead atoms. The topological polar surface area (TPSA) is 107 Å². The number of nitrogens with zero attached hydrogens (tertiary/aromatic N) is 2. The quantitative estimate of drug-likeness (QED) is 0.480. The molecule has 0 atom stereocenters. The number of carbonyl (C=O) groups is 3. The predicted octanol–water partition coefficient (Wildman–Crippen LogP) is 3.65. The highest BCUT2D eigenvalue weighted by molar-refractivity contribution is 6.37. The minimum Gasteiger partial charge on any atom is -0.493 e. The Kier molecular flexibility index (Phi) is 7.64. The van der Waals surface area contributed by atoms with Crippen molar-refractivity contribution in [2.45, 2.75) is 51.2 Å². The van der Waals surface area contributed by atoms with Gasteiger partial charge in [0.25, 0.3) is 0 Å². The summed E-state index contributed by atoms with van der Waals surface area (Å²) in [6.07, 6.45) is 5.54. The number of hydrogen-bond donors (Lipinski definition) is 1. The molecular formula is C26H29N3O6. The summed E-state index contributed by atoms with van der Waals surface area (Å²) in [6.45, 7) is 0.287. The van der Waals surface area contributed by atoms with E-state index in [4.69, 9.17) is 9.47 Å². The van der Waals surface area contributed by atoms with Crippen LogP contribution in [-0.4, -0.2) is 48.8 Å². The summed E-state index contributed by atoms with van der Waals surface area (Å²) in [6, 6.07) is 12.6. The zero-order chi connectivity index (χ0) is 24.8. The van der Waals surface area contributed by atoms with Crippen molar-refractivity contribution in [3.8, 4) is 11.5 Å². The van der Waals surface area contributed by atoms with Gasteiger partial charge in [0.05, 0.1) is 32.6 Å². The maximum absolute atomic E-state index is 12.6. The summed E-state index contributed by atoms with van der Waals surface area (Å²) in [5.74, 6) is -0.494. The molecule has 9 heteroatoms. The SMILES string of the molecule is COC(=O)C(=O)Nc1ccc(CN2N=C(c3ccc(OC)c(OC4CCCC4)c3)CCC2=O)cc1. The lowest BCUT2D eigenvalue weighted by Gasteiger charge is -2.24. The molecule has 0 aromatic heterocycles. The van der Waals surface area contributed by atoms with Crippen LogP contribution in [0, 0.1) is 0 Å². The molecule has 0 spiro atoms. The smallest absolute Gasteiger partial charge is 0.396 e. The second-order valence-electron chi connectivity index (χ2n) is 8.53. The van der Waals surface area contributed by atoms with Gasteiger partial charge in [-0.1, -0.05) is 12.1 Å². The van der Waals surface area contributed by atoms with E-state index in [1.54, 1.807) is 31.4 Å². The Bertz CT molecular complexity index is 1120. The van der Waals surface area contributed by atoms with Gasteiger partial charge in [0, 0.05) is 24.1 Å². The molecule has 1 aliphatic carbocycles. The Labute approximate surface area is 204 Å². The van der Waals surface area contributed by atoms with Crippen molar-refractivity contribution in [2.75, 3.05) is 19.5 Å². The summed E-state index contributed by atoms with van der Waals surface area (Å²) >= 11 is 0. The van der Waals surface area contributed by atoms with Crippen molar-refractivity contribution < 1.29 is 28.6 Å². The highest BCUT2D eigenvalue weighted by Crippen LogP contribution is 2.33. The Balaban J connectivity index is 1.48. The van der Waals surface area contributed by atoms with Gasteiger partial charge in [-0.2, -0.15) is 5.10 Å². The average Bonchev–Trinajstić information content (AvgIpc) is 3.39. The largest absolute Gasteiger partial charge is 0.493 e. The monoisotopic (exact) mass is 479 g/mol. The zero-order valence-corrected chi connectivity index (χ0v) is 19.9. The van der Waals surface area contributed by atoms with Crippen LogP contribution in [0.15, 0.2) is 47.6 Å². The molecule has 1 heterocycles. The number of carbonyl (C=O) groups excluding carboxylic acids is 3. The highest BCUT2D eigenvalue weighted by atomic mass is 16.5. The van der Waals surface area contributed by atoms with Gasteiger partial charge in [0.1, 0.15) is 0 Å². The summed E-state index contributed by atoms with van der Waals surface area (Å²) in [5, 5.41) is 8.55. The minimum atomic E-state index is -0.967. The van der Waals surface area contributed by atoms with Gasteiger partial charge >= 0.3 is 11.9 Å². The number of methoxy groups -OCH3 is 2. The number of rotatable bonds is 7. The maximum Gasteiger partial charge on any atom is 0.396 e. The van der Waals surface area contributed by atoms with Gasteiger partial charge in [-0.15, -0.1) is 0 Å². The van der Waals surface area contributed by atoms with E-state index < -0.39 is 11.9 Å². The number of benzene rings is 2. The van der Waals surface area contributed by atoms with Gasteiger partial charge in [-0.05, 0) is 61.6 Å². The molecule has 4 rings (SSSR count). The number of esters is 1. The van der Waals surface area contributed by atoms with E-state index in [0.29, 0.717) is 30.0 Å². The first-order valence-corrected chi connectivity index (χ1v) is 11.7. The Morgan fingerprint density at radius 3 is 2.46 bits per heavy atom. The molecule has 184 valence electrons. The van der Waals surface area contributed by atoms with Gasteiger partial charge in [0.15, 0.2) is 11.5 Å². The number of ether oxygens (including phenoxy) is 3. The van der Waals surface area contributed by atoms with Crippen LogP contribution in [0.5, 0.6) is 11.5 Å². The third-order valence-corrected chi connectivity index (χ3v) is 6.11. The molecule has 2 aromatic rings. The summed E-state index contributed by atoms with van der Waals surface area (Å²) < 4.78 is 16.1. The fourth-order valence-corrected chi connectivity index (χ4v) is 4.21. The van der Waals surface area contributed by atoms with Gasteiger partial charge in [0.2, 0.25) is 5.91 Å². The number of anilines is 1. The molecular weight excluding hydrogens is 450 g/mol. The Morgan fingerprint density at radius 1 is 1.03 bits per heavy atom. The van der Waals surface area contributed by atoms with Crippen molar-refractivity contribution in [2.24, 2.45) is 5.10 Å². The first kappa shape index (κ1) is 24.3. The zero-order valence-electron chi connectivity index (χ0n) is 19.9. The first-order valence-electron chi connectivity index (χ1n) is 11.7. The highest BCUT2D eigenvalue weighted by Gasteiger charge is 2.24. The minimum absolute atomic E-state index is 0.0623. The molecule has 35 heavy (non-hydrogen) atoms. The summed E-state index contributed by atoms with van der Waals surface area (Å²) in [7, 11) is 2.77. The Hall–Kier alpha value is -3.88. The van der Waals surface area contributed by atoms with Crippen LogP contribution in [0.25, 0.3) is 0 Å². The lowest BCUT2D eigenvalue weighted by atomic mass is 10.0. The fourth-order valence-electron chi connectivity index (χ4n) is 4.21. The van der Waals surface area contributed by atoms with Gasteiger partial charge in [-0.25, -0.2) is 9.80 Å². The van der Waals surface area contributed by atoms with Crippen LogP contribution in [0.4, 0.5) is 5.69 Å². The number of amides is 2. The maximum atomic E-state index is 12.6. The molecule has 9 nitrogen and oxygen atoms in total.